The molecule has 0 aromatic carbocycles. The summed E-state index contributed by atoms with van der Waals surface area (Å²) in [5.41, 5.74) is 0. The molecule has 2 aromatic rings. The van der Waals surface area contributed by atoms with Crippen LogP contribution in [-0.2, 0) is 4.79 Å². The summed E-state index contributed by atoms with van der Waals surface area (Å²) in [5, 5.41) is 6.64. The summed E-state index contributed by atoms with van der Waals surface area (Å²) >= 11 is 5.91. The van der Waals surface area contributed by atoms with Gasteiger partial charge in [0.2, 0.25) is 17.1 Å². The average molecular weight is 296 g/mol. The van der Waals surface area contributed by atoms with E-state index in [1.807, 2.05) is 6.92 Å². The highest BCUT2D eigenvalue weighted by atomic mass is 35.5. The second kappa shape index (κ2) is 6.29. The zero-order valence-corrected chi connectivity index (χ0v) is 11.9. The van der Waals surface area contributed by atoms with Gasteiger partial charge in [0.25, 0.3) is 5.95 Å². The zero-order chi connectivity index (χ0) is 14.5. The van der Waals surface area contributed by atoms with E-state index in [1.54, 1.807) is 30.4 Å². The Hall–Kier alpha value is -2.22. The van der Waals surface area contributed by atoms with Crippen molar-refractivity contribution in [3.05, 3.63) is 23.7 Å². The number of nitrogens with zero attached hydrogens (tertiary/aromatic N) is 6. The second-order valence-electron chi connectivity index (χ2n) is 3.84. The molecule has 0 bridgehead atoms. The standard InChI is InChI=1S/C11H14ClN7O/c1-3-18(7-8(20)13-2)10-15-9(12)16-11(17-10)19-6-4-5-14-19/h4-6H,3,7H2,1-2H3,(H,13,20). The third kappa shape index (κ3) is 3.21. The molecule has 106 valence electrons. The Morgan fingerprint density at radius 3 is 2.85 bits per heavy atom. The number of hydrogen-bond acceptors (Lipinski definition) is 6. The van der Waals surface area contributed by atoms with Crippen LogP contribution in [-0.4, -0.2) is 50.8 Å². The van der Waals surface area contributed by atoms with Gasteiger partial charge >= 0.3 is 0 Å². The monoisotopic (exact) mass is 295 g/mol. The molecule has 2 rings (SSSR count). The molecule has 2 aromatic heterocycles. The van der Waals surface area contributed by atoms with Crippen LogP contribution in [0.1, 0.15) is 6.92 Å². The molecule has 20 heavy (non-hydrogen) atoms. The highest BCUT2D eigenvalue weighted by Gasteiger charge is 2.15. The van der Waals surface area contributed by atoms with Crippen molar-refractivity contribution < 1.29 is 4.79 Å². The van der Waals surface area contributed by atoms with Crippen LogP contribution in [0.3, 0.4) is 0 Å². The maximum Gasteiger partial charge on any atom is 0.256 e. The van der Waals surface area contributed by atoms with Gasteiger partial charge in [0, 0.05) is 26.0 Å². The van der Waals surface area contributed by atoms with Crippen LogP contribution in [0.25, 0.3) is 5.95 Å². The Morgan fingerprint density at radius 1 is 1.45 bits per heavy atom. The van der Waals surface area contributed by atoms with Crippen molar-refractivity contribution >= 4 is 23.5 Å². The first kappa shape index (κ1) is 14.2. The van der Waals surface area contributed by atoms with Gasteiger partial charge in [-0.05, 0) is 24.6 Å². The minimum absolute atomic E-state index is 0.0517. The molecule has 0 fully saturated rings. The predicted octanol–water partition coefficient (Wildman–Crippen LogP) is 0.283. The molecule has 0 aliphatic carbocycles. The molecule has 2 heterocycles. The van der Waals surface area contributed by atoms with E-state index in [-0.39, 0.29) is 17.7 Å². The van der Waals surface area contributed by atoms with E-state index < -0.39 is 0 Å². The van der Waals surface area contributed by atoms with E-state index in [4.69, 9.17) is 11.6 Å². The van der Waals surface area contributed by atoms with Crippen LogP contribution in [0.2, 0.25) is 5.28 Å². The number of hydrogen-bond donors (Lipinski definition) is 1. The van der Waals surface area contributed by atoms with Gasteiger partial charge in [-0.3, -0.25) is 4.79 Å². The minimum atomic E-state index is -0.135. The first-order chi connectivity index (χ1) is 9.63. The summed E-state index contributed by atoms with van der Waals surface area (Å²) in [6.07, 6.45) is 3.31. The van der Waals surface area contributed by atoms with E-state index in [0.717, 1.165) is 0 Å². The largest absolute Gasteiger partial charge is 0.358 e. The summed E-state index contributed by atoms with van der Waals surface area (Å²) in [5.74, 6) is 0.506. The lowest BCUT2D eigenvalue weighted by Gasteiger charge is -2.19. The van der Waals surface area contributed by atoms with E-state index in [2.05, 4.69) is 25.4 Å². The first-order valence-electron chi connectivity index (χ1n) is 6.01. The number of rotatable bonds is 5. The molecule has 0 saturated carbocycles. The summed E-state index contributed by atoms with van der Waals surface area (Å²) in [4.78, 5) is 25.5. The molecule has 0 aliphatic heterocycles. The van der Waals surface area contributed by atoms with E-state index in [9.17, 15) is 4.79 Å². The molecular formula is C11H14ClN7O. The highest BCUT2D eigenvalue weighted by Crippen LogP contribution is 2.12. The Bertz CT molecular complexity index is 586. The van der Waals surface area contributed by atoms with E-state index >= 15 is 0 Å². The minimum Gasteiger partial charge on any atom is -0.358 e. The molecule has 0 unspecified atom stereocenters. The smallest absolute Gasteiger partial charge is 0.256 e. The molecule has 0 radical (unpaired) electrons. The molecule has 0 spiro atoms. The second-order valence-corrected chi connectivity index (χ2v) is 4.18. The molecular weight excluding hydrogens is 282 g/mol. The summed E-state index contributed by atoms with van der Waals surface area (Å²) in [7, 11) is 1.58. The van der Waals surface area contributed by atoms with Gasteiger partial charge in [-0.15, -0.1) is 0 Å². The molecule has 0 saturated heterocycles. The third-order valence-corrected chi connectivity index (χ3v) is 2.74. The van der Waals surface area contributed by atoms with Gasteiger partial charge < -0.3 is 10.2 Å². The fourth-order valence-corrected chi connectivity index (χ4v) is 1.69. The van der Waals surface area contributed by atoms with Gasteiger partial charge in [0.1, 0.15) is 0 Å². The number of carbonyl (C=O) groups is 1. The highest BCUT2D eigenvalue weighted by molar-refractivity contribution is 6.28. The predicted molar refractivity (Wildman–Crippen MR) is 73.9 cm³/mol. The summed E-state index contributed by atoms with van der Waals surface area (Å²) in [6, 6.07) is 1.75. The fraction of sp³-hybridized carbons (Fsp3) is 0.364. The number of nitrogens with one attached hydrogen (secondary N) is 1. The Kier molecular flexibility index (Phi) is 4.46. The number of anilines is 1. The average Bonchev–Trinajstić information content (AvgIpc) is 2.97. The lowest BCUT2D eigenvalue weighted by Crippen LogP contribution is -2.36. The van der Waals surface area contributed by atoms with Crippen LogP contribution >= 0.6 is 11.6 Å². The quantitative estimate of drug-likeness (QED) is 0.852. The maximum atomic E-state index is 11.5. The lowest BCUT2D eigenvalue weighted by molar-refractivity contribution is -0.119. The van der Waals surface area contributed by atoms with Crippen LogP contribution in [0.5, 0.6) is 0 Å². The Labute approximate surface area is 120 Å². The maximum absolute atomic E-state index is 11.5. The van der Waals surface area contributed by atoms with Crippen molar-refractivity contribution in [2.24, 2.45) is 0 Å². The normalized spacial score (nSPS) is 10.3. The van der Waals surface area contributed by atoms with E-state index in [0.29, 0.717) is 18.4 Å². The van der Waals surface area contributed by atoms with E-state index in [1.165, 1.54) is 4.68 Å². The summed E-state index contributed by atoms with van der Waals surface area (Å²) < 4.78 is 1.48. The molecule has 0 atom stereocenters. The molecule has 8 nitrogen and oxygen atoms in total. The van der Waals surface area contributed by atoms with Gasteiger partial charge in [-0.2, -0.15) is 20.1 Å². The van der Waals surface area contributed by atoms with Gasteiger partial charge in [0.05, 0.1) is 6.54 Å². The number of carbonyl (C=O) groups excluding carboxylic acids is 1. The number of halogens is 1. The topological polar surface area (TPSA) is 88.8 Å². The van der Waals surface area contributed by atoms with Gasteiger partial charge in [-0.25, -0.2) is 4.68 Å². The van der Waals surface area contributed by atoms with Crippen molar-refractivity contribution in [1.29, 1.82) is 0 Å². The number of amides is 1. The first-order valence-corrected chi connectivity index (χ1v) is 6.39. The van der Waals surface area contributed by atoms with Gasteiger partial charge in [-0.1, -0.05) is 0 Å². The lowest BCUT2D eigenvalue weighted by atomic mass is 10.5. The molecule has 1 N–H and O–H groups in total. The van der Waals surface area contributed by atoms with Crippen LogP contribution in [0.4, 0.5) is 5.95 Å². The SMILES string of the molecule is CCN(CC(=O)NC)c1nc(Cl)nc(-n2cccn2)n1. The third-order valence-electron chi connectivity index (χ3n) is 2.57. The zero-order valence-electron chi connectivity index (χ0n) is 11.1. The Morgan fingerprint density at radius 2 is 2.25 bits per heavy atom. The van der Waals surface area contributed by atoms with Crippen LogP contribution in [0, 0.1) is 0 Å². The number of likely N-dealkylation sites (N-methyl/N-ethyl adjacent to an activating group) is 2. The molecule has 0 aliphatic rings. The van der Waals surface area contributed by atoms with Crippen LogP contribution < -0.4 is 10.2 Å². The molecule has 1 amide bonds. The van der Waals surface area contributed by atoms with Crippen molar-refractivity contribution in [3.8, 4) is 5.95 Å². The molecule has 9 heteroatoms. The fourth-order valence-electron chi connectivity index (χ4n) is 1.54. The van der Waals surface area contributed by atoms with Crippen molar-refractivity contribution in [3.63, 3.8) is 0 Å². The van der Waals surface area contributed by atoms with Gasteiger partial charge in [0.15, 0.2) is 0 Å². The van der Waals surface area contributed by atoms with Crippen molar-refractivity contribution in [2.75, 3.05) is 25.0 Å². The van der Waals surface area contributed by atoms with Crippen molar-refractivity contribution in [1.82, 2.24) is 30.0 Å². The van der Waals surface area contributed by atoms with Crippen LogP contribution in [0.15, 0.2) is 18.5 Å². The number of aromatic nitrogens is 5. The summed E-state index contributed by atoms with van der Waals surface area (Å²) in [6.45, 7) is 2.60. The van der Waals surface area contributed by atoms with Crippen molar-refractivity contribution in [2.45, 2.75) is 6.92 Å². The Balaban J connectivity index is 2.33.